The van der Waals surface area contributed by atoms with Crippen molar-refractivity contribution in [2.75, 3.05) is 57.1 Å². The molecule has 28 heavy (non-hydrogen) atoms. The van der Waals surface area contributed by atoms with Crippen LogP contribution in [0, 0.1) is 0 Å². The van der Waals surface area contributed by atoms with Crippen LogP contribution in [0.4, 0.5) is 11.4 Å². The highest BCUT2D eigenvalue weighted by Crippen LogP contribution is 2.25. The maximum absolute atomic E-state index is 6.34. The van der Waals surface area contributed by atoms with E-state index in [9.17, 15) is 0 Å². The molecule has 6 heteroatoms. The fourth-order valence-electron chi connectivity index (χ4n) is 3.64. The Balaban J connectivity index is 1.43. The number of nitrogens with zero attached hydrogens (tertiary/aromatic N) is 3. The van der Waals surface area contributed by atoms with Gasteiger partial charge < -0.3 is 15.4 Å². The van der Waals surface area contributed by atoms with E-state index in [2.05, 4.69) is 44.3 Å². The molecule has 146 valence electrons. The fraction of sp³-hybridized carbons (Fsp3) is 0.318. The van der Waals surface area contributed by atoms with Crippen molar-refractivity contribution < 1.29 is 4.74 Å². The molecular weight excluding hydrogens is 350 g/mol. The third-order valence-electron chi connectivity index (χ3n) is 5.34. The summed E-state index contributed by atoms with van der Waals surface area (Å²) < 4.78 is 5.17. The predicted molar refractivity (Wildman–Crippen MR) is 116 cm³/mol. The summed E-state index contributed by atoms with van der Waals surface area (Å²) in [6.07, 6.45) is 4.04. The van der Waals surface area contributed by atoms with Gasteiger partial charge in [-0.2, -0.15) is 5.10 Å². The quantitative estimate of drug-likeness (QED) is 0.646. The Morgan fingerprint density at radius 1 is 1.11 bits per heavy atom. The van der Waals surface area contributed by atoms with Gasteiger partial charge in [-0.25, -0.2) is 0 Å². The Labute approximate surface area is 165 Å². The number of ether oxygens (including phenoxy) is 1. The molecule has 1 aromatic heterocycles. The lowest BCUT2D eigenvalue weighted by Gasteiger charge is -2.36. The Morgan fingerprint density at radius 3 is 2.71 bits per heavy atom. The third-order valence-corrected chi connectivity index (χ3v) is 5.34. The molecular formula is C22H27N5O. The molecule has 2 heterocycles. The summed E-state index contributed by atoms with van der Waals surface area (Å²) >= 11 is 0. The summed E-state index contributed by atoms with van der Waals surface area (Å²) in [4.78, 5) is 4.84. The number of aromatic amines is 1. The van der Waals surface area contributed by atoms with Crippen LogP contribution in [-0.2, 0) is 4.74 Å². The van der Waals surface area contributed by atoms with E-state index < -0.39 is 0 Å². The first-order valence-electron chi connectivity index (χ1n) is 9.71. The molecule has 0 unspecified atom stereocenters. The summed E-state index contributed by atoms with van der Waals surface area (Å²) in [7, 11) is 1.75. The van der Waals surface area contributed by atoms with Gasteiger partial charge in [-0.15, -0.1) is 0 Å². The highest BCUT2D eigenvalue weighted by Gasteiger charge is 2.17. The number of nitrogens with two attached hydrogens (primary N) is 1. The van der Waals surface area contributed by atoms with Gasteiger partial charge in [-0.1, -0.05) is 30.3 Å². The van der Waals surface area contributed by atoms with Gasteiger partial charge in [0, 0.05) is 56.6 Å². The van der Waals surface area contributed by atoms with Crippen LogP contribution in [0.5, 0.6) is 0 Å². The first-order valence-corrected chi connectivity index (χ1v) is 9.71. The van der Waals surface area contributed by atoms with Gasteiger partial charge in [0.25, 0.3) is 0 Å². The zero-order valence-corrected chi connectivity index (χ0v) is 16.3. The molecule has 1 aliphatic heterocycles. The lowest BCUT2D eigenvalue weighted by molar-refractivity contribution is 0.144. The van der Waals surface area contributed by atoms with Crippen LogP contribution in [0.2, 0.25) is 0 Å². The average Bonchev–Trinajstić information content (AvgIpc) is 3.15. The van der Waals surface area contributed by atoms with Crippen molar-refractivity contribution in [3.8, 4) is 0 Å². The second-order valence-electron chi connectivity index (χ2n) is 7.12. The Hall–Kier alpha value is -2.83. The molecule has 1 saturated heterocycles. The Bertz CT molecular complexity index is 956. The smallest absolute Gasteiger partial charge is 0.0927 e. The summed E-state index contributed by atoms with van der Waals surface area (Å²) in [6.45, 7) is 5.92. The molecule has 0 aliphatic carbocycles. The Kier molecular flexibility index (Phi) is 5.60. The highest BCUT2D eigenvalue weighted by molar-refractivity contribution is 5.90. The molecule has 1 aliphatic rings. The topological polar surface area (TPSA) is 70.4 Å². The van der Waals surface area contributed by atoms with Gasteiger partial charge in [0.1, 0.15) is 0 Å². The van der Waals surface area contributed by atoms with E-state index in [1.807, 2.05) is 30.4 Å². The summed E-state index contributed by atoms with van der Waals surface area (Å²) in [5, 5.41) is 8.55. The Morgan fingerprint density at radius 2 is 1.93 bits per heavy atom. The summed E-state index contributed by atoms with van der Waals surface area (Å²) in [6, 6.07) is 14.4. The monoisotopic (exact) mass is 377 g/mol. The van der Waals surface area contributed by atoms with Gasteiger partial charge in [0.05, 0.1) is 17.8 Å². The fourth-order valence-corrected chi connectivity index (χ4v) is 3.64. The van der Waals surface area contributed by atoms with Gasteiger partial charge >= 0.3 is 0 Å². The molecule has 0 saturated carbocycles. The van der Waals surface area contributed by atoms with E-state index in [1.165, 1.54) is 5.69 Å². The van der Waals surface area contributed by atoms with E-state index in [4.69, 9.17) is 10.5 Å². The maximum atomic E-state index is 6.34. The van der Waals surface area contributed by atoms with Crippen molar-refractivity contribution >= 4 is 34.4 Å². The number of fused-ring (bicyclic) bond motifs is 1. The number of rotatable bonds is 6. The minimum absolute atomic E-state index is 0.787. The maximum Gasteiger partial charge on any atom is 0.0927 e. The van der Waals surface area contributed by atoms with Crippen LogP contribution in [0.25, 0.3) is 23.1 Å². The number of aromatic nitrogens is 2. The van der Waals surface area contributed by atoms with Crippen LogP contribution in [0.1, 0.15) is 11.3 Å². The first-order chi connectivity index (χ1) is 13.7. The first kappa shape index (κ1) is 18.5. The van der Waals surface area contributed by atoms with Crippen LogP contribution >= 0.6 is 0 Å². The predicted octanol–water partition coefficient (Wildman–Crippen LogP) is 3.08. The lowest BCUT2D eigenvalue weighted by atomic mass is 10.1. The second-order valence-corrected chi connectivity index (χ2v) is 7.12. The van der Waals surface area contributed by atoms with E-state index in [-0.39, 0.29) is 0 Å². The number of piperazine rings is 1. The van der Waals surface area contributed by atoms with E-state index in [0.29, 0.717) is 0 Å². The largest absolute Gasteiger partial charge is 0.398 e. The molecule has 4 rings (SSSR count). The second kappa shape index (κ2) is 8.46. The zero-order chi connectivity index (χ0) is 19.3. The average molecular weight is 377 g/mol. The van der Waals surface area contributed by atoms with Crippen LogP contribution in [0.15, 0.2) is 42.5 Å². The van der Waals surface area contributed by atoms with Crippen LogP contribution in [-0.4, -0.2) is 61.5 Å². The highest BCUT2D eigenvalue weighted by atomic mass is 16.5. The molecule has 3 N–H and O–H groups in total. The molecule has 3 aromatic rings. The van der Waals surface area contributed by atoms with E-state index in [0.717, 1.165) is 67.2 Å². The van der Waals surface area contributed by atoms with Crippen molar-refractivity contribution in [1.29, 1.82) is 0 Å². The molecule has 0 amide bonds. The molecule has 0 radical (unpaired) electrons. The number of nitrogens with one attached hydrogen (secondary N) is 1. The van der Waals surface area contributed by atoms with Crippen LogP contribution < -0.4 is 10.6 Å². The van der Waals surface area contributed by atoms with Gasteiger partial charge in [-0.05, 0) is 29.8 Å². The van der Waals surface area contributed by atoms with Crippen molar-refractivity contribution in [1.82, 2.24) is 15.1 Å². The summed E-state index contributed by atoms with van der Waals surface area (Å²) in [5.74, 6) is 0. The van der Waals surface area contributed by atoms with E-state index >= 15 is 0 Å². The van der Waals surface area contributed by atoms with Crippen LogP contribution in [0.3, 0.4) is 0 Å². The molecule has 6 nitrogen and oxygen atoms in total. The normalized spacial score (nSPS) is 15.7. The third kappa shape index (κ3) is 4.03. The molecule has 0 bridgehead atoms. The van der Waals surface area contributed by atoms with Gasteiger partial charge in [0.2, 0.25) is 0 Å². The van der Waals surface area contributed by atoms with Gasteiger partial charge in [0.15, 0.2) is 0 Å². The van der Waals surface area contributed by atoms with Crippen molar-refractivity contribution in [2.45, 2.75) is 0 Å². The number of methoxy groups -OCH3 is 1. The molecule has 0 atom stereocenters. The number of hydrogen-bond donors (Lipinski definition) is 2. The van der Waals surface area contributed by atoms with Crippen molar-refractivity contribution in [2.24, 2.45) is 0 Å². The number of benzene rings is 2. The molecule has 2 aromatic carbocycles. The number of H-pyrrole nitrogens is 1. The minimum atomic E-state index is 0.787. The van der Waals surface area contributed by atoms with Gasteiger partial charge in [-0.3, -0.25) is 10.00 Å². The standard InChI is InChI=1S/C22H27N5O/c1-28-15-14-26-10-12-27(13-11-26)18-8-6-17(20(23)16-18)7-9-22-19-4-2-3-5-21(19)24-25-22/h2-9,16H,10-15,23H2,1H3,(H,24,25). The molecule has 0 spiro atoms. The SMILES string of the molecule is COCCN1CCN(c2ccc(C=Cc3n[nH]c4ccccc34)c(N)c2)CC1. The zero-order valence-electron chi connectivity index (χ0n) is 16.3. The van der Waals surface area contributed by atoms with E-state index in [1.54, 1.807) is 7.11 Å². The lowest BCUT2D eigenvalue weighted by Crippen LogP contribution is -2.47. The molecule has 1 fully saturated rings. The number of hydrogen-bond acceptors (Lipinski definition) is 5. The van der Waals surface area contributed by atoms with Crippen molar-refractivity contribution in [3.63, 3.8) is 0 Å². The van der Waals surface area contributed by atoms with Crippen molar-refractivity contribution in [3.05, 3.63) is 53.7 Å². The number of para-hydroxylation sites is 1. The number of nitrogen functional groups attached to an aromatic ring is 1. The minimum Gasteiger partial charge on any atom is -0.398 e. The number of anilines is 2. The summed E-state index contributed by atoms with van der Waals surface area (Å²) in [5.41, 5.74) is 11.3.